The zero-order chi connectivity index (χ0) is 21.3. The molecule has 1 heterocycles. The van der Waals surface area contributed by atoms with Gasteiger partial charge >= 0.3 is 5.97 Å². The van der Waals surface area contributed by atoms with Gasteiger partial charge < -0.3 is 19.4 Å². The van der Waals surface area contributed by atoms with Crippen molar-refractivity contribution in [3.05, 3.63) is 42.4 Å². The summed E-state index contributed by atoms with van der Waals surface area (Å²) in [5, 5.41) is 2.43. The quantitative estimate of drug-likeness (QED) is 0.388. The summed E-state index contributed by atoms with van der Waals surface area (Å²) in [5.41, 5.74) is 0. The molecule has 0 unspecified atom stereocenters. The van der Waals surface area contributed by atoms with Crippen LogP contribution in [-0.2, 0) is 31.4 Å². The average Bonchev–Trinajstić information content (AvgIpc) is 3.04. The average molecular weight is 424 g/mol. The molecule has 1 aromatic carbocycles. The van der Waals surface area contributed by atoms with Gasteiger partial charge in [-0.2, -0.15) is 0 Å². The van der Waals surface area contributed by atoms with Crippen LogP contribution in [0.15, 0.2) is 41.6 Å². The fraction of sp³-hybridized carbons (Fsp3) is 0.389. The largest absolute Gasteiger partial charge is 0.492 e. The first kappa shape index (κ1) is 22.4. The Kier molecular flexibility index (Phi) is 8.16. The second-order valence-corrected chi connectivity index (χ2v) is 7.77. The number of aromatic nitrogens is 2. The number of sulfonamides is 1. The standard InChI is InChI=1S/C18H24N4O6S/c1-14-21-17(12-22(14)2)29(25,26)20-9-8-18(24)28-13-16(23)19-10-11-27-15-6-4-3-5-7-15/h3-7,12,20H,8-11,13H2,1-2H3,(H,19,23). The summed E-state index contributed by atoms with van der Waals surface area (Å²) in [6.07, 6.45) is 1.16. The number of amides is 1. The van der Waals surface area contributed by atoms with Crippen molar-refractivity contribution in [1.82, 2.24) is 19.6 Å². The van der Waals surface area contributed by atoms with Crippen LogP contribution in [-0.4, -0.2) is 56.1 Å². The van der Waals surface area contributed by atoms with Crippen molar-refractivity contribution in [2.75, 3.05) is 26.3 Å². The Morgan fingerprint density at radius 1 is 1.17 bits per heavy atom. The molecule has 10 nitrogen and oxygen atoms in total. The summed E-state index contributed by atoms with van der Waals surface area (Å²) in [5.74, 6) is 0.0709. The summed E-state index contributed by atoms with van der Waals surface area (Å²) in [7, 11) is -2.13. The SMILES string of the molecule is Cc1nc(S(=O)(=O)NCCC(=O)OCC(=O)NCCOc2ccccc2)cn1C. The van der Waals surface area contributed by atoms with Crippen molar-refractivity contribution in [3.8, 4) is 5.75 Å². The molecule has 2 aromatic rings. The summed E-state index contributed by atoms with van der Waals surface area (Å²) >= 11 is 0. The topological polar surface area (TPSA) is 129 Å². The summed E-state index contributed by atoms with van der Waals surface area (Å²) in [4.78, 5) is 27.2. The second kappa shape index (κ2) is 10.6. The number of esters is 1. The molecule has 0 aliphatic heterocycles. The Hall–Kier alpha value is -2.92. The molecule has 2 N–H and O–H groups in total. The molecule has 0 saturated heterocycles. The summed E-state index contributed by atoms with van der Waals surface area (Å²) in [6, 6.07) is 9.14. The number of carbonyl (C=O) groups excluding carboxylic acids is 2. The van der Waals surface area contributed by atoms with Crippen molar-refractivity contribution >= 4 is 21.9 Å². The summed E-state index contributed by atoms with van der Waals surface area (Å²) < 4.78 is 38.2. The van der Waals surface area contributed by atoms with Crippen LogP contribution < -0.4 is 14.8 Å². The number of para-hydroxylation sites is 1. The van der Waals surface area contributed by atoms with E-state index >= 15 is 0 Å². The highest BCUT2D eigenvalue weighted by Gasteiger charge is 2.18. The van der Waals surface area contributed by atoms with Gasteiger partial charge in [0.15, 0.2) is 11.6 Å². The van der Waals surface area contributed by atoms with Crippen LogP contribution in [0.1, 0.15) is 12.2 Å². The molecule has 0 fully saturated rings. The van der Waals surface area contributed by atoms with E-state index < -0.39 is 28.5 Å². The van der Waals surface area contributed by atoms with E-state index in [-0.39, 0.29) is 31.1 Å². The Morgan fingerprint density at radius 3 is 2.55 bits per heavy atom. The van der Waals surface area contributed by atoms with E-state index in [1.165, 1.54) is 6.20 Å². The van der Waals surface area contributed by atoms with Crippen molar-refractivity contribution < 1.29 is 27.5 Å². The van der Waals surface area contributed by atoms with Gasteiger partial charge in [-0.15, -0.1) is 0 Å². The number of carbonyl (C=O) groups is 2. The maximum atomic E-state index is 12.1. The monoisotopic (exact) mass is 424 g/mol. The first-order valence-electron chi connectivity index (χ1n) is 8.88. The van der Waals surface area contributed by atoms with Crippen molar-refractivity contribution in [1.29, 1.82) is 0 Å². The van der Waals surface area contributed by atoms with Crippen LogP contribution in [0.4, 0.5) is 0 Å². The first-order valence-corrected chi connectivity index (χ1v) is 10.4. The van der Waals surface area contributed by atoms with Crippen molar-refractivity contribution in [2.45, 2.75) is 18.4 Å². The molecule has 0 saturated carbocycles. The van der Waals surface area contributed by atoms with E-state index in [0.717, 1.165) is 0 Å². The molecule has 11 heteroatoms. The minimum Gasteiger partial charge on any atom is -0.492 e. The summed E-state index contributed by atoms with van der Waals surface area (Å²) in [6.45, 7) is 1.60. The molecule has 29 heavy (non-hydrogen) atoms. The molecular weight excluding hydrogens is 400 g/mol. The number of imidazole rings is 1. The van der Waals surface area contributed by atoms with Gasteiger partial charge in [0.25, 0.3) is 15.9 Å². The van der Waals surface area contributed by atoms with Gasteiger partial charge in [0.05, 0.1) is 13.0 Å². The fourth-order valence-electron chi connectivity index (χ4n) is 2.16. The molecule has 0 aliphatic carbocycles. The maximum absolute atomic E-state index is 12.1. The number of hydrogen-bond acceptors (Lipinski definition) is 7. The molecule has 0 atom stereocenters. The van der Waals surface area contributed by atoms with Crippen molar-refractivity contribution in [2.24, 2.45) is 7.05 Å². The lowest BCUT2D eigenvalue weighted by Gasteiger charge is -2.08. The number of nitrogens with one attached hydrogen (secondary N) is 2. The van der Waals surface area contributed by atoms with E-state index in [1.807, 2.05) is 18.2 Å². The van der Waals surface area contributed by atoms with E-state index in [2.05, 4.69) is 15.0 Å². The van der Waals surface area contributed by atoms with Crippen LogP contribution in [0.2, 0.25) is 0 Å². The Morgan fingerprint density at radius 2 is 1.90 bits per heavy atom. The third-order valence-corrected chi connectivity index (χ3v) is 5.11. The van der Waals surface area contributed by atoms with Crippen molar-refractivity contribution in [3.63, 3.8) is 0 Å². The lowest BCUT2D eigenvalue weighted by Crippen LogP contribution is -2.32. The van der Waals surface area contributed by atoms with Gasteiger partial charge in [-0.25, -0.2) is 18.1 Å². The normalized spacial score (nSPS) is 11.1. The molecule has 2 rings (SSSR count). The molecule has 0 aliphatic rings. The minimum atomic E-state index is -3.81. The highest BCUT2D eigenvalue weighted by Crippen LogP contribution is 2.08. The molecule has 1 amide bonds. The van der Waals surface area contributed by atoms with Crippen LogP contribution in [0.3, 0.4) is 0 Å². The third-order valence-electron chi connectivity index (χ3n) is 3.78. The molecule has 0 bridgehead atoms. The van der Waals surface area contributed by atoms with Gasteiger partial charge in [0, 0.05) is 19.8 Å². The van der Waals surface area contributed by atoms with E-state index in [1.54, 1.807) is 30.7 Å². The zero-order valence-electron chi connectivity index (χ0n) is 16.3. The fourth-order valence-corrected chi connectivity index (χ4v) is 3.23. The van der Waals surface area contributed by atoms with Crippen LogP contribution in [0.5, 0.6) is 5.75 Å². The Bertz CT molecular complexity index is 908. The smallest absolute Gasteiger partial charge is 0.307 e. The lowest BCUT2D eigenvalue weighted by molar-refractivity contribution is -0.148. The number of ether oxygens (including phenoxy) is 2. The minimum absolute atomic E-state index is 0.122. The predicted octanol–water partition coefficient (Wildman–Crippen LogP) is 0.135. The number of aryl methyl sites for hydroxylation is 2. The lowest BCUT2D eigenvalue weighted by atomic mass is 10.3. The zero-order valence-corrected chi connectivity index (χ0v) is 17.1. The van der Waals surface area contributed by atoms with E-state index in [4.69, 9.17) is 9.47 Å². The second-order valence-electron chi connectivity index (χ2n) is 6.06. The Labute approximate surface area is 169 Å². The number of rotatable bonds is 11. The predicted molar refractivity (Wildman–Crippen MR) is 104 cm³/mol. The molecule has 1 aromatic heterocycles. The van der Waals surface area contributed by atoms with Crippen LogP contribution in [0.25, 0.3) is 0 Å². The molecule has 158 valence electrons. The van der Waals surface area contributed by atoms with Crippen LogP contribution in [0, 0.1) is 6.92 Å². The van der Waals surface area contributed by atoms with Crippen LogP contribution >= 0.6 is 0 Å². The van der Waals surface area contributed by atoms with Gasteiger partial charge in [0.1, 0.15) is 18.2 Å². The Balaban J connectivity index is 1.59. The molecule has 0 spiro atoms. The third kappa shape index (κ3) is 7.54. The van der Waals surface area contributed by atoms with Gasteiger partial charge in [0.2, 0.25) is 0 Å². The molecular formula is C18H24N4O6S. The van der Waals surface area contributed by atoms with E-state index in [0.29, 0.717) is 11.6 Å². The van der Waals surface area contributed by atoms with E-state index in [9.17, 15) is 18.0 Å². The number of hydrogen-bond donors (Lipinski definition) is 2. The van der Waals surface area contributed by atoms with Gasteiger partial charge in [-0.05, 0) is 19.1 Å². The highest BCUT2D eigenvalue weighted by atomic mass is 32.2. The highest BCUT2D eigenvalue weighted by molar-refractivity contribution is 7.89. The first-order chi connectivity index (χ1) is 13.8. The van der Waals surface area contributed by atoms with Gasteiger partial charge in [-0.1, -0.05) is 18.2 Å². The maximum Gasteiger partial charge on any atom is 0.307 e. The number of benzene rings is 1. The van der Waals surface area contributed by atoms with Gasteiger partial charge in [-0.3, -0.25) is 9.59 Å². The number of nitrogens with zero attached hydrogens (tertiary/aromatic N) is 2. The molecule has 0 radical (unpaired) electrons.